The second-order valence-electron chi connectivity index (χ2n) is 3.88. The van der Waals surface area contributed by atoms with Crippen LogP contribution in [0.3, 0.4) is 0 Å². The molecule has 0 unspecified atom stereocenters. The third-order valence-corrected chi connectivity index (χ3v) is 3.07. The molecule has 0 heterocycles. The Morgan fingerprint density at radius 2 is 2.06 bits per heavy atom. The highest BCUT2D eigenvalue weighted by molar-refractivity contribution is 7.92. The number of carbonyl (C=O) groups excluding carboxylic acids is 1. The Morgan fingerprint density at radius 3 is 2.59 bits per heavy atom. The first-order valence-corrected chi connectivity index (χ1v) is 7.30. The third kappa shape index (κ3) is 5.19. The Kier molecular flexibility index (Phi) is 4.54. The Balaban J connectivity index is 2.90. The van der Waals surface area contributed by atoms with E-state index in [1.165, 1.54) is 6.92 Å². The number of hydrogen-bond acceptors (Lipinski definition) is 3. The van der Waals surface area contributed by atoms with Gasteiger partial charge in [0.1, 0.15) is 5.78 Å². The van der Waals surface area contributed by atoms with Crippen molar-refractivity contribution in [1.29, 1.82) is 0 Å². The topological polar surface area (TPSA) is 63.2 Å². The summed E-state index contributed by atoms with van der Waals surface area (Å²) in [6.07, 6.45) is 1.98. The monoisotopic (exact) mass is 275 g/mol. The third-order valence-electron chi connectivity index (χ3n) is 2.10. The minimum absolute atomic E-state index is 0.0718. The van der Waals surface area contributed by atoms with E-state index >= 15 is 0 Å². The molecule has 6 heteroatoms. The Morgan fingerprint density at radius 1 is 1.41 bits per heavy atom. The Bertz CT molecular complexity index is 526. The lowest BCUT2D eigenvalue weighted by Crippen LogP contribution is -2.09. The second kappa shape index (κ2) is 5.51. The van der Waals surface area contributed by atoms with E-state index in [1.54, 1.807) is 18.2 Å². The van der Waals surface area contributed by atoms with Crippen molar-refractivity contribution in [2.75, 3.05) is 11.0 Å². The lowest BCUT2D eigenvalue weighted by Gasteiger charge is -2.08. The molecule has 0 aromatic heterocycles. The molecule has 1 rings (SSSR count). The summed E-state index contributed by atoms with van der Waals surface area (Å²) in [7, 11) is -3.30. The van der Waals surface area contributed by atoms with Crippen LogP contribution in [0.5, 0.6) is 0 Å². The summed E-state index contributed by atoms with van der Waals surface area (Å²) < 4.78 is 24.5. The van der Waals surface area contributed by atoms with Crippen LogP contribution < -0.4 is 4.72 Å². The highest BCUT2D eigenvalue weighted by Crippen LogP contribution is 2.22. The molecule has 0 radical (unpaired) electrons. The molecule has 0 saturated carbocycles. The maximum absolute atomic E-state index is 11.1. The van der Waals surface area contributed by atoms with Crippen LogP contribution in [-0.4, -0.2) is 20.5 Å². The van der Waals surface area contributed by atoms with E-state index in [2.05, 4.69) is 4.72 Å². The number of anilines is 1. The molecule has 0 spiro atoms. The van der Waals surface area contributed by atoms with Crippen molar-refractivity contribution in [2.24, 2.45) is 0 Å². The van der Waals surface area contributed by atoms with Gasteiger partial charge in [0.25, 0.3) is 0 Å². The van der Waals surface area contributed by atoms with Gasteiger partial charge in [-0.1, -0.05) is 11.6 Å². The first kappa shape index (κ1) is 14.0. The Labute approximate surface area is 106 Å². The summed E-state index contributed by atoms with van der Waals surface area (Å²) in [5, 5.41) is 0.533. The molecule has 94 valence electrons. The van der Waals surface area contributed by atoms with E-state index in [0.29, 0.717) is 23.6 Å². The molecule has 0 aliphatic carbocycles. The molecule has 0 saturated heterocycles. The maximum Gasteiger partial charge on any atom is 0.229 e. The zero-order valence-corrected chi connectivity index (χ0v) is 11.2. The molecular formula is C11H14ClNO3S. The van der Waals surface area contributed by atoms with E-state index in [9.17, 15) is 13.2 Å². The Hall–Kier alpha value is -1.07. The summed E-state index contributed by atoms with van der Waals surface area (Å²) in [5.41, 5.74) is 1.21. The van der Waals surface area contributed by atoms with E-state index < -0.39 is 10.0 Å². The van der Waals surface area contributed by atoms with Gasteiger partial charge in [-0.2, -0.15) is 0 Å². The quantitative estimate of drug-likeness (QED) is 0.896. The number of Topliss-reactive ketones (excluding diaryl/α,β-unsaturated/α-hetero) is 1. The maximum atomic E-state index is 11.1. The minimum atomic E-state index is -3.30. The lowest BCUT2D eigenvalue weighted by atomic mass is 10.1. The SMILES string of the molecule is CC(=O)CCc1cc(NS(C)(=O)=O)ccc1Cl. The van der Waals surface area contributed by atoms with Gasteiger partial charge in [-0.25, -0.2) is 8.42 Å². The summed E-state index contributed by atoms with van der Waals surface area (Å²) in [6.45, 7) is 1.51. The molecule has 4 nitrogen and oxygen atoms in total. The van der Waals surface area contributed by atoms with Crippen molar-refractivity contribution in [1.82, 2.24) is 0 Å². The van der Waals surface area contributed by atoms with Crippen LogP contribution in [0.1, 0.15) is 18.9 Å². The summed E-state index contributed by atoms with van der Waals surface area (Å²) >= 11 is 5.96. The molecule has 0 fully saturated rings. The van der Waals surface area contributed by atoms with Crippen molar-refractivity contribution in [2.45, 2.75) is 19.8 Å². The number of ketones is 1. The van der Waals surface area contributed by atoms with Gasteiger partial charge in [-0.05, 0) is 37.1 Å². The molecular weight excluding hydrogens is 262 g/mol. The number of carbonyl (C=O) groups is 1. The number of halogens is 1. The standard InChI is InChI=1S/C11H14ClNO3S/c1-8(14)3-4-9-7-10(5-6-11(9)12)13-17(2,15)16/h5-7,13H,3-4H2,1-2H3. The predicted octanol–water partition coefficient (Wildman–Crippen LogP) is 2.23. The van der Waals surface area contributed by atoms with Crippen LogP contribution in [0.4, 0.5) is 5.69 Å². The number of sulfonamides is 1. The normalized spacial score (nSPS) is 11.2. The van der Waals surface area contributed by atoms with Crippen molar-refractivity contribution in [3.8, 4) is 0 Å². The summed E-state index contributed by atoms with van der Waals surface area (Å²) in [6, 6.07) is 4.84. The first-order valence-electron chi connectivity index (χ1n) is 5.03. The van der Waals surface area contributed by atoms with Crippen LogP contribution in [0.2, 0.25) is 5.02 Å². The fourth-order valence-corrected chi connectivity index (χ4v) is 2.12. The van der Waals surface area contributed by atoms with E-state index in [0.717, 1.165) is 11.8 Å². The van der Waals surface area contributed by atoms with Gasteiger partial charge in [0, 0.05) is 17.1 Å². The van der Waals surface area contributed by atoms with Crippen molar-refractivity contribution >= 4 is 33.1 Å². The molecule has 1 aromatic carbocycles. The number of nitrogens with one attached hydrogen (secondary N) is 1. The predicted molar refractivity (Wildman–Crippen MR) is 68.9 cm³/mol. The smallest absolute Gasteiger partial charge is 0.229 e. The molecule has 0 atom stereocenters. The molecule has 1 N–H and O–H groups in total. The van der Waals surface area contributed by atoms with E-state index in [1.807, 2.05) is 0 Å². The van der Waals surface area contributed by atoms with E-state index in [4.69, 9.17) is 11.6 Å². The van der Waals surface area contributed by atoms with Gasteiger partial charge in [-0.3, -0.25) is 4.72 Å². The van der Waals surface area contributed by atoms with Crippen LogP contribution in [-0.2, 0) is 21.2 Å². The van der Waals surface area contributed by atoms with Crippen LogP contribution in [0, 0.1) is 0 Å². The minimum Gasteiger partial charge on any atom is -0.300 e. The van der Waals surface area contributed by atoms with Gasteiger partial charge in [0.05, 0.1) is 6.26 Å². The largest absolute Gasteiger partial charge is 0.300 e. The first-order chi connectivity index (χ1) is 7.78. The number of benzene rings is 1. The molecule has 0 amide bonds. The number of rotatable bonds is 5. The van der Waals surface area contributed by atoms with Gasteiger partial charge >= 0.3 is 0 Å². The number of aryl methyl sites for hydroxylation is 1. The zero-order chi connectivity index (χ0) is 13.1. The highest BCUT2D eigenvalue weighted by atomic mass is 35.5. The highest BCUT2D eigenvalue weighted by Gasteiger charge is 2.06. The fourth-order valence-electron chi connectivity index (χ4n) is 1.35. The fraction of sp³-hybridized carbons (Fsp3) is 0.364. The lowest BCUT2D eigenvalue weighted by molar-refractivity contribution is -0.116. The van der Waals surface area contributed by atoms with Gasteiger partial charge in [-0.15, -0.1) is 0 Å². The summed E-state index contributed by atoms with van der Waals surface area (Å²) in [5.74, 6) is 0.0718. The van der Waals surface area contributed by atoms with Gasteiger partial charge < -0.3 is 4.79 Å². The van der Waals surface area contributed by atoms with Crippen molar-refractivity contribution in [3.05, 3.63) is 28.8 Å². The van der Waals surface area contributed by atoms with Crippen molar-refractivity contribution < 1.29 is 13.2 Å². The molecule has 1 aromatic rings. The van der Waals surface area contributed by atoms with Crippen LogP contribution >= 0.6 is 11.6 Å². The average Bonchev–Trinajstić information content (AvgIpc) is 2.16. The molecule has 0 aliphatic heterocycles. The molecule has 0 aliphatic rings. The van der Waals surface area contributed by atoms with E-state index in [-0.39, 0.29) is 5.78 Å². The van der Waals surface area contributed by atoms with Crippen LogP contribution in [0.25, 0.3) is 0 Å². The van der Waals surface area contributed by atoms with Crippen LogP contribution in [0.15, 0.2) is 18.2 Å². The molecule has 0 bridgehead atoms. The zero-order valence-electron chi connectivity index (χ0n) is 9.66. The second-order valence-corrected chi connectivity index (χ2v) is 6.04. The van der Waals surface area contributed by atoms with Crippen molar-refractivity contribution in [3.63, 3.8) is 0 Å². The average molecular weight is 276 g/mol. The number of hydrogen-bond donors (Lipinski definition) is 1. The molecule has 17 heavy (non-hydrogen) atoms. The summed E-state index contributed by atoms with van der Waals surface area (Å²) in [4.78, 5) is 10.9. The van der Waals surface area contributed by atoms with Gasteiger partial charge in [0.2, 0.25) is 10.0 Å². The van der Waals surface area contributed by atoms with Gasteiger partial charge in [0.15, 0.2) is 0 Å².